The summed E-state index contributed by atoms with van der Waals surface area (Å²) in [6.45, 7) is 3.83. The number of nitrogens with zero attached hydrogens (tertiary/aromatic N) is 2. The Bertz CT molecular complexity index is 918. The Morgan fingerprint density at radius 3 is 2.69 bits per heavy atom. The normalized spacial score (nSPS) is 12.0. The number of aryl methyl sites for hydroxylation is 1. The molecule has 134 valence electrons. The van der Waals surface area contributed by atoms with E-state index < -0.39 is 0 Å². The Kier molecular flexibility index (Phi) is 5.32. The van der Waals surface area contributed by atoms with Gasteiger partial charge in [-0.3, -0.25) is 9.59 Å². The molecule has 3 rings (SSSR count). The van der Waals surface area contributed by atoms with Gasteiger partial charge in [-0.15, -0.1) is 11.3 Å². The average Bonchev–Trinajstić information content (AvgIpc) is 3.08. The van der Waals surface area contributed by atoms with Crippen LogP contribution in [0.5, 0.6) is 0 Å². The number of para-hydroxylation sites is 1. The molecule has 1 aromatic heterocycles. The lowest BCUT2D eigenvalue weighted by Gasteiger charge is -2.23. The summed E-state index contributed by atoms with van der Waals surface area (Å²) in [6.07, 6.45) is 0. The van der Waals surface area contributed by atoms with Crippen LogP contribution in [0.25, 0.3) is 10.2 Å². The number of fused-ring (bicyclic) bond motifs is 1. The van der Waals surface area contributed by atoms with E-state index >= 15 is 0 Å². The van der Waals surface area contributed by atoms with E-state index in [0.29, 0.717) is 5.56 Å². The van der Waals surface area contributed by atoms with Crippen molar-refractivity contribution in [2.45, 2.75) is 19.9 Å². The zero-order valence-electron chi connectivity index (χ0n) is 15.0. The maximum absolute atomic E-state index is 12.5. The van der Waals surface area contributed by atoms with Gasteiger partial charge in [-0.05, 0) is 38.1 Å². The van der Waals surface area contributed by atoms with Gasteiger partial charge in [-0.2, -0.15) is 0 Å². The van der Waals surface area contributed by atoms with Gasteiger partial charge in [0.05, 0.1) is 22.8 Å². The lowest BCUT2D eigenvalue weighted by atomic mass is 10.1. The Morgan fingerprint density at radius 2 is 1.96 bits per heavy atom. The second-order valence-corrected chi connectivity index (χ2v) is 7.31. The van der Waals surface area contributed by atoms with Crippen LogP contribution in [0.3, 0.4) is 0 Å². The van der Waals surface area contributed by atoms with Gasteiger partial charge >= 0.3 is 0 Å². The van der Waals surface area contributed by atoms with Crippen molar-refractivity contribution >= 4 is 33.4 Å². The Morgan fingerprint density at radius 1 is 1.19 bits per heavy atom. The molecule has 0 aliphatic heterocycles. The highest BCUT2D eigenvalue weighted by molar-refractivity contribution is 7.18. The van der Waals surface area contributed by atoms with E-state index in [-0.39, 0.29) is 24.4 Å². The fourth-order valence-corrected chi connectivity index (χ4v) is 3.68. The summed E-state index contributed by atoms with van der Waals surface area (Å²) in [7, 11) is 1.73. The van der Waals surface area contributed by atoms with Gasteiger partial charge in [-0.1, -0.05) is 29.8 Å². The first kappa shape index (κ1) is 18.1. The molecule has 3 aromatic rings. The number of rotatable bonds is 5. The minimum Gasteiger partial charge on any atom is -0.343 e. The summed E-state index contributed by atoms with van der Waals surface area (Å²) < 4.78 is 1.10. The molecule has 0 fully saturated rings. The molecule has 1 atom stereocenters. The van der Waals surface area contributed by atoms with Gasteiger partial charge in [0.25, 0.3) is 5.91 Å². The van der Waals surface area contributed by atoms with E-state index in [0.717, 1.165) is 20.8 Å². The smallest absolute Gasteiger partial charge is 0.251 e. The lowest BCUT2D eigenvalue weighted by molar-refractivity contribution is -0.130. The SMILES string of the molecule is Cc1cccc(C(=O)NCC(=O)N(C)[C@H](C)c2nc3ccccc3s2)c1. The van der Waals surface area contributed by atoms with Crippen molar-refractivity contribution in [2.24, 2.45) is 0 Å². The van der Waals surface area contributed by atoms with Crippen LogP contribution in [0.4, 0.5) is 0 Å². The first-order valence-corrected chi connectivity index (χ1v) is 9.23. The Labute approximate surface area is 156 Å². The van der Waals surface area contributed by atoms with Crippen molar-refractivity contribution in [1.29, 1.82) is 0 Å². The fourth-order valence-electron chi connectivity index (χ4n) is 2.62. The number of hydrogen-bond donors (Lipinski definition) is 1. The third kappa shape index (κ3) is 3.91. The van der Waals surface area contributed by atoms with Crippen LogP contribution in [0.1, 0.15) is 33.9 Å². The average molecular weight is 367 g/mol. The van der Waals surface area contributed by atoms with E-state index in [1.165, 1.54) is 0 Å². The molecule has 1 heterocycles. The molecule has 1 N–H and O–H groups in total. The number of nitrogens with one attached hydrogen (secondary N) is 1. The number of aromatic nitrogens is 1. The highest BCUT2D eigenvalue weighted by Crippen LogP contribution is 2.28. The van der Waals surface area contributed by atoms with Crippen LogP contribution < -0.4 is 5.32 Å². The summed E-state index contributed by atoms with van der Waals surface area (Å²) >= 11 is 1.58. The summed E-state index contributed by atoms with van der Waals surface area (Å²) in [5.74, 6) is -0.402. The summed E-state index contributed by atoms with van der Waals surface area (Å²) in [4.78, 5) is 30.9. The molecule has 0 saturated carbocycles. The molecule has 0 spiro atoms. The molecule has 0 unspecified atom stereocenters. The predicted octanol–water partition coefficient (Wildman–Crippen LogP) is 3.55. The molecule has 2 amide bonds. The number of thiazole rings is 1. The van der Waals surface area contributed by atoms with E-state index in [1.54, 1.807) is 35.4 Å². The molecule has 5 nitrogen and oxygen atoms in total. The standard InChI is InChI=1S/C20H21N3O2S/c1-13-7-6-8-15(11-13)19(25)21-12-18(24)23(3)14(2)20-22-16-9-4-5-10-17(16)26-20/h4-11,14H,12H2,1-3H3,(H,21,25)/t14-/m1/s1. The second kappa shape index (κ2) is 7.66. The molecule has 2 aromatic carbocycles. The van der Waals surface area contributed by atoms with Gasteiger partial charge in [0.15, 0.2) is 0 Å². The predicted molar refractivity (Wildman–Crippen MR) is 104 cm³/mol. The van der Waals surface area contributed by atoms with Crippen LogP contribution in [-0.2, 0) is 4.79 Å². The fraction of sp³-hybridized carbons (Fsp3) is 0.250. The van der Waals surface area contributed by atoms with Crippen LogP contribution in [0.15, 0.2) is 48.5 Å². The minimum atomic E-state index is -0.247. The highest BCUT2D eigenvalue weighted by atomic mass is 32.1. The number of likely N-dealkylation sites (N-methyl/N-ethyl adjacent to an activating group) is 1. The summed E-state index contributed by atoms with van der Waals surface area (Å²) in [5.41, 5.74) is 2.50. The topological polar surface area (TPSA) is 62.3 Å². The largest absolute Gasteiger partial charge is 0.343 e. The highest BCUT2D eigenvalue weighted by Gasteiger charge is 2.21. The van der Waals surface area contributed by atoms with Crippen molar-refractivity contribution in [3.8, 4) is 0 Å². The zero-order chi connectivity index (χ0) is 18.7. The monoisotopic (exact) mass is 367 g/mol. The van der Waals surface area contributed by atoms with E-state index in [4.69, 9.17) is 0 Å². The van der Waals surface area contributed by atoms with Crippen molar-refractivity contribution in [2.75, 3.05) is 13.6 Å². The number of amides is 2. The van der Waals surface area contributed by atoms with Crippen molar-refractivity contribution in [1.82, 2.24) is 15.2 Å². The summed E-state index contributed by atoms with van der Waals surface area (Å²) in [5, 5.41) is 3.57. The maximum Gasteiger partial charge on any atom is 0.251 e. The minimum absolute atomic E-state index is 0.0431. The van der Waals surface area contributed by atoms with Gasteiger partial charge in [0.2, 0.25) is 5.91 Å². The first-order chi connectivity index (χ1) is 12.5. The first-order valence-electron chi connectivity index (χ1n) is 8.41. The van der Waals surface area contributed by atoms with Crippen molar-refractivity contribution in [3.05, 3.63) is 64.7 Å². The molecular formula is C20H21N3O2S. The van der Waals surface area contributed by atoms with Gasteiger partial charge in [0.1, 0.15) is 5.01 Å². The second-order valence-electron chi connectivity index (χ2n) is 6.25. The maximum atomic E-state index is 12.5. The Balaban J connectivity index is 1.62. The lowest BCUT2D eigenvalue weighted by Crippen LogP contribution is -2.39. The number of benzene rings is 2. The third-order valence-electron chi connectivity index (χ3n) is 4.32. The van der Waals surface area contributed by atoms with Gasteiger partial charge < -0.3 is 10.2 Å². The van der Waals surface area contributed by atoms with Crippen LogP contribution >= 0.6 is 11.3 Å². The van der Waals surface area contributed by atoms with E-state index in [2.05, 4.69) is 10.3 Å². The van der Waals surface area contributed by atoms with Gasteiger partial charge in [0, 0.05) is 12.6 Å². The van der Waals surface area contributed by atoms with Gasteiger partial charge in [-0.25, -0.2) is 4.98 Å². The number of carbonyl (C=O) groups excluding carboxylic acids is 2. The molecular weight excluding hydrogens is 346 g/mol. The van der Waals surface area contributed by atoms with Crippen molar-refractivity contribution < 1.29 is 9.59 Å². The van der Waals surface area contributed by atoms with Crippen LogP contribution in [-0.4, -0.2) is 35.3 Å². The molecule has 0 aliphatic carbocycles. The molecule has 6 heteroatoms. The van der Waals surface area contributed by atoms with Crippen LogP contribution in [0, 0.1) is 6.92 Å². The summed E-state index contributed by atoms with van der Waals surface area (Å²) in [6, 6.07) is 15.0. The van der Waals surface area contributed by atoms with Crippen molar-refractivity contribution in [3.63, 3.8) is 0 Å². The molecule has 0 bridgehead atoms. The molecule has 26 heavy (non-hydrogen) atoms. The molecule has 0 aliphatic rings. The zero-order valence-corrected chi connectivity index (χ0v) is 15.8. The molecule has 0 radical (unpaired) electrons. The Hall–Kier alpha value is -2.73. The van der Waals surface area contributed by atoms with E-state index in [9.17, 15) is 9.59 Å². The number of carbonyl (C=O) groups is 2. The van der Waals surface area contributed by atoms with E-state index in [1.807, 2.05) is 50.2 Å². The quantitative estimate of drug-likeness (QED) is 0.750. The van der Waals surface area contributed by atoms with Crippen LogP contribution in [0.2, 0.25) is 0 Å². The molecule has 0 saturated heterocycles. The third-order valence-corrected chi connectivity index (χ3v) is 5.53. The number of hydrogen-bond acceptors (Lipinski definition) is 4.